The Morgan fingerprint density at radius 2 is 1.63 bits per heavy atom. The van der Waals surface area contributed by atoms with E-state index in [1.54, 1.807) is 24.3 Å². The first kappa shape index (κ1) is 13.3. The smallest absolute Gasteiger partial charge is 0.306 e. The van der Waals surface area contributed by atoms with Crippen LogP contribution in [-0.4, -0.2) is 28.8 Å². The van der Waals surface area contributed by atoms with Crippen LogP contribution in [0.15, 0.2) is 24.3 Å². The van der Waals surface area contributed by atoms with E-state index in [2.05, 4.69) is 5.32 Å². The highest BCUT2D eigenvalue weighted by Gasteiger charge is 2.35. The molecule has 1 fully saturated rings. The van der Waals surface area contributed by atoms with Gasteiger partial charge in [-0.2, -0.15) is 0 Å². The maximum Gasteiger partial charge on any atom is 0.306 e. The largest absolute Gasteiger partial charge is 0.481 e. The Kier molecular flexibility index (Phi) is 3.64. The summed E-state index contributed by atoms with van der Waals surface area (Å²) in [7, 11) is 0. The summed E-state index contributed by atoms with van der Waals surface area (Å²) in [5.41, 5.74) is 1.04. The predicted molar refractivity (Wildman–Crippen MR) is 68.1 cm³/mol. The molecule has 0 bridgehead atoms. The van der Waals surface area contributed by atoms with Crippen LogP contribution in [0.3, 0.4) is 0 Å². The maximum absolute atomic E-state index is 11.9. The molecule has 5 heteroatoms. The van der Waals surface area contributed by atoms with Crippen LogP contribution in [0, 0.1) is 5.92 Å². The Hall–Kier alpha value is -2.17. The summed E-state index contributed by atoms with van der Waals surface area (Å²) in [6.07, 6.45) is 0.958. The van der Waals surface area contributed by atoms with E-state index in [1.165, 1.54) is 6.92 Å². The van der Waals surface area contributed by atoms with Gasteiger partial charge in [0.05, 0.1) is 5.92 Å². The standard InChI is InChI=1S/C14H15NO4/c1-8(16)9-2-4-10(5-3-9)13(17)15-12-6-11(7-12)14(18)19/h2-5,11-12H,6-7H2,1H3,(H,15,17)(H,18,19). The highest BCUT2D eigenvalue weighted by molar-refractivity contribution is 5.97. The molecule has 1 aromatic carbocycles. The fourth-order valence-corrected chi connectivity index (χ4v) is 2.06. The minimum Gasteiger partial charge on any atom is -0.481 e. The SMILES string of the molecule is CC(=O)c1ccc(C(=O)NC2CC(C(=O)O)C2)cc1. The second kappa shape index (κ2) is 5.22. The lowest BCUT2D eigenvalue weighted by Crippen LogP contribution is -2.46. The van der Waals surface area contributed by atoms with Crippen LogP contribution in [0.1, 0.15) is 40.5 Å². The van der Waals surface area contributed by atoms with Gasteiger partial charge in [0.25, 0.3) is 5.91 Å². The molecule has 1 aromatic rings. The van der Waals surface area contributed by atoms with Gasteiger partial charge >= 0.3 is 5.97 Å². The normalized spacial score (nSPS) is 21.3. The number of Topliss-reactive ketones (excluding diaryl/α,β-unsaturated/α-hetero) is 1. The van der Waals surface area contributed by atoms with Crippen molar-refractivity contribution in [1.82, 2.24) is 5.32 Å². The van der Waals surface area contributed by atoms with Gasteiger partial charge in [0.1, 0.15) is 0 Å². The van der Waals surface area contributed by atoms with Crippen molar-refractivity contribution in [3.63, 3.8) is 0 Å². The van der Waals surface area contributed by atoms with Gasteiger partial charge in [0.2, 0.25) is 0 Å². The number of carbonyl (C=O) groups is 3. The van der Waals surface area contributed by atoms with Crippen molar-refractivity contribution in [3.05, 3.63) is 35.4 Å². The molecule has 0 radical (unpaired) electrons. The van der Waals surface area contributed by atoms with Crippen molar-refractivity contribution in [1.29, 1.82) is 0 Å². The zero-order chi connectivity index (χ0) is 14.0. The molecule has 0 atom stereocenters. The molecule has 5 nitrogen and oxygen atoms in total. The van der Waals surface area contributed by atoms with Crippen LogP contribution >= 0.6 is 0 Å². The number of rotatable bonds is 4. The molecule has 0 unspecified atom stereocenters. The lowest BCUT2D eigenvalue weighted by molar-refractivity contribution is -0.145. The topological polar surface area (TPSA) is 83.5 Å². The number of benzene rings is 1. The molecule has 100 valence electrons. The minimum absolute atomic E-state index is 0.0461. The van der Waals surface area contributed by atoms with E-state index in [0.29, 0.717) is 24.0 Å². The average molecular weight is 261 g/mol. The molecule has 1 amide bonds. The van der Waals surface area contributed by atoms with Crippen LogP contribution in [0.25, 0.3) is 0 Å². The zero-order valence-corrected chi connectivity index (χ0v) is 10.6. The quantitative estimate of drug-likeness (QED) is 0.804. The van der Waals surface area contributed by atoms with E-state index in [1.807, 2.05) is 0 Å². The zero-order valence-electron chi connectivity index (χ0n) is 10.6. The van der Waals surface area contributed by atoms with E-state index in [4.69, 9.17) is 5.11 Å². The van der Waals surface area contributed by atoms with Crippen LogP contribution in [-0.2, 0) is 4.79 Å². The summed E-state index contributed by atoms with van der Waals surface area (Å²) < 4.78 is 0. The van der Waals surface area contributed by atoms with Crippen molar-refractivity contribution in [2.24, 2.45) is 5.92 Å². The summed E-state index contributed by atoms with van der Waals surface area (Å²) in [5, 5.41) is 11.5. The van der Waals surface area contributed by atoms with Gasteiger partial charge in [-0.3, -0.25) is 14.4 Å². The van der Waals surface area contributed by atoms with E-state index in [-0.39, 0.29) is 23.7 Å². The van der Waals surface area contributed by atoms with Crippen molar-refractivity contribution in [2.45, 2.75) is 25.8 Å². The number of ketones is 1. The Morgan fingerprint density at radius 1 is 1.11 bits per heavy atom. The first-order valence-corrected chi connectivity index (χ1v) is 6.12. The fraction of sp³-hybridized carbons (Fsp3) is 0.357. The molecule has 2 rings (SSSR count). The van der Waals surface area contributed by atoms with E-state index < -0.39 is 5.97 Å². The summed E-state index contributed by atoms with van der Waals surface area (Å²) in [6.45, 7) is 1.47. The molecular formula is C14H15NO4. The van der Waals surface area contributed by atoms with E-state index >= 15 is 0 Å². The van der Waals surface area contributed by atoms with Crippen molar-refractivity contribution >= 4 is 17.7 Å². The third-order valence-corrected chi connectivity index (χ3v) is 3.38. The number of hydrogen-bond acceptors (Lipinski definition) is 3. The van der Waals surface area contributed by atoms with Crippen LogP contribution in [0.4, 0.5) is 0 Å². The molecule has 2 N–H and O–H groups in total. The molecular weight excluding hydrogens is 246 g/mol. The number of carboxylic acid groups (broad SMARTS) is 1. The fourth-order valence-electron chi connectivity index (χ4n) is 2.06. The number of nitrogens with one attached hydrogen (secondary N) is 1. The average Bonchev–Trinajstić information content (AvgIpc) is 2.32. The molecule has 0 heterocycles. The third kappa shape index (κ3) is 2.99. The van der Waals surface area contributed by atoms with Crippen molar-refractivity contribution < 1.29 is 19.5 Å². The maximum atomic E-state index is 11.9. The van der Waals surface area contributed by atoms with Gasteiger partial charge in [-0.05, 0) is 31.9 Å². The molecule has 19 heavy (non-hydrogen) atoms. The number of aliphatic carboxylic acids is 1. The van der Waals surface area contributed by atoms with Gasteiger partial charge in [-0.1, -0.05) is 12.1 Å². The second-order valence-electron chi connectivity index (χ2n) is 4.81. The highest BCUT2D eigenvalue weighted by atomic mass is 16.4. The number of carboxylic acids is 1. The van der Waals surface area contributed by atoms with Gasteiger partial charge in [-0.15, -0.1) is 0 Å². The number of amides is 1. The Morgan fingerprint density at radius 3 is 2.11 bits per heavy atom. The van der Waals surface area contributed by atoms with Crippen molar-refractivity contribution in [3.8, 4) is 0 Å². The lowest BCUT2D eigenvalue weighted by Gasteiger charge is -2.32. The minimum atomic E-state index is -0.809. The summed E-state index contributed by atoms with van der Waals surface area (Å²) in [5.74, 6) is -1.43. The Labute approximate surface area is 110 Å². The van der Waals surface area contributed by atoms with Crippen molar-refractivity contribution in [2.75, 3.05) is 0 Å². The number of hydrogen-bond donors (Lipinski definition) is 2. The van der Waals surface area contributed by atoms with Gasteiger partial charge in [0, 0.05) is 17.2 Å². The summed E-state index contributed by atoms with van der Waals surface area (Å²) in [6, 6.07) is 6.34. The van der Waals surface area contributed by atoms with Crippen LogP contribution in [0.2, 0.25) is 0 Å². The predicted octanol–water partition coefficient (Wildman–Crippen LogP) is 1.48. The van der Waals surface area contributed by atoms with Gasteiger partial charge < -0.3 is 10.4 Å². The molecule has 1 aliphatic carbocycles. The summed E-state index contributed by atoms with van der Waals surface area (Å²) >= 11 is 0. The molecule has 1 aliphatic rings. The molecule has 0 aliphatic heterocycles. The third-order valence-electron chi connectivity index (χ3n) is 3.38. The molecule has 1 saturated carbocycles. The Balaban J connectivity index is 1.90. The lowest BCUT2D eigenvalue weighted by atomic mass is 9.80. The first-order valence-electron chi connectivity index (χ1n) is 6.12. The summed E-state index contributed by atoms with van der Waals surface area (Å²) in [4.78, 5) is 33.6. The molecule has 0 spiro atoms. The molecule has 0 saturated heterocycles. The highest BCUT2D eigenvalue weighted by Crippen LogP contribution is 2.27. The van der Waals surface area contributed by atoms with E-state index in [9.17, 15) is 14.4 Å². The van der Waals surface area contributed by atoms with Crippen LogP contribution in [0.5, 0.6) is 0 Å². The van der Waals surface area contributed by atoms with E-state index in [0.717, 1.165) is 0 Å². The molecule has 0 aromatic heterocycles. The van der Waals surface area contributed by atoms with Gasteiger partial charge in [0.15, 0.2) is 5.78 Å². The monoisotopic (exact) mass is 261 g/mol. The number of carbonyl (C=O) groups excluding carboxylic acids is 2. The first-order chi connectivity index (χ1) is 8.97. The van der Waals surface area contributed by atoms with Gasteiger partial charge in [-0.25, -0.2) is 0 Å². The second-order valence-corrected chi connectivity index (χ2v) is 4.81. The Bertz CT molecular complexity index is 515. The van der Waals surface area contributed by atoms with Crippen LogP contribution < -0.4 is 5.32 Å².